The van der Waals surface area contributed by atoms with E-state index in [1.165, 1.54) is 22.5 Å². The van der Waals surface area contributed by atoms with Crippen LogP contribution < -0.4 is 5.32 Å². The quantitative estimate of drug-likeness (QED) is 0.238. The monoisotopic (exact) mass is 469 g/mol. The second kappa shape index (κ2) is 9.83. The average Bonchev–Trinajstić information content (AvgIpc) is 3.32. The molecule has 0 aliphatic carbocycles. The molecular formula is C27H20ClN3OS. The van der Waals surface area contributed by atoms with Gasteiger partial charge < -0.3 is 5.32 Å². The molecule has 0 spiro atoms. The minimum atomic E-state index is -0.154. The zero-order chi connectivity index (χ0) is 23.4. The fraction of sp³-hybridized carbons (Fsp3) is 0.0741. The van der Waals surface area contributed by atoms with E-state index in [4.69, 9.17) is 11.6 Å². The Morgan fingerprint density at radius 2 is 1.85 bits per heavy atom. The highest BCUT2D eigenvalue weighted by Gasteiger charge is 2.15. The van der Waals surface area contributed by atoms with Gasteiger partial charge >= 0.3 is 0 Å². The van der Waals surface area contributed by atoms with Crippen molar-refractivity contribution >= 4 is 40.0 Å². The summed E-state index contributed by atoms with van der Waals surface area (Å²) >= 11 is 7.56. The summed E-state index contributed by atoms with van der Waals surface area (Å²) in [5.74, 6) is -0.154. The fourth-order valence-electron chi connectivity index (χ4n) is 3.30. The van der Waals surface area contributed by atoms with Crippen molar-refractivity contribution in [2.45, 2.75) is 13.8 Å². The molecule has 4 rings (SSSR count). The Labute approximate surface area is 201 Å². The van der Waals surface area contributed by atoms with Gasteiger partial charge in [-0.25, -0.2) is 4.98 Å². The number of nitrogens with one attached hydrogen (secondary N) is 1. The van der Waals surface area contributed by atoms with Crippen LogP contribution in [0, 0.1) is 25.2 Å². The Morgan fingerprint density at radius 3 is 2.58 bits per heavy atom. The number of hydrogen-bond donors (Lipinski definition) is 1. The molecule has 1 heterocycles. The van der Waals surface area contributed by atoms with Gasteiger partial charge in [0.25, 0.3) is 0 Å². The number of hydrogen-bond acceptors (Lipinski definition) is 5. The van der Waals surface area contributed by atoms with Gasteiger partial charge in [-0.15, -0.1) is 11.3 Å². The molecule has 0 unspecified atom stereocenters. The van der Waals surface area contributed by atoms with Crippen LogP contribution in [0.4, 0.5) is 5.69 Å². The number of thiazole rings is 1. The first-order valence-corrected chi connectivity index (χ1v) is 11.5. The molecule has 0 amide bonds. The van der Waals surface area contributed by atoms with Gasteiger partial charge in [0.15, 0.2) is 5.78 Å². The number of anilines is 1. The minimum absolute atomic E-state index is 0.154. The highest BCUT2D eigenvalue weighted by molar-refractivity contribution is 7.11. The van der Waals surface area contributed by atoms with Crippen LogP contribution in [0.2, 0.25) is 5.02 Å². The van der Waals surface area contributed by atoms with Gasteiger partial charge in [0, 0.05) is 39.0 Å². The molecule has 6 heteroatoms. The molecule has 4 nitrogen and oxygen atoms in total. The minimum Gasteiger partial charge on any atom is -0.360 e. The van der Waals surface area contributed by atoms with E-state index in [1.807, 2.05) is 29.6 Å². The largest absolute Gasteiger partial charge is 0.360 e. The third-order valence-corrected chi connectivity index (χ3v) is 6.40. The van der Waals surface area contributed by atoms with Gasteiger partial charge in [0.2, 0.25) is 0 Å². The maximum atomic E-state index is 13.0. The number of aryl methyl sites for hydroxylation is 2. The lowest BCUT2D eigenvalue weighted by atomic mass is 10.0. The number of ketones is 1. The van der Waals surface area contributed by atoms with Gasteiger partial charge in [0.05, 0.1) is 5.69 Å². The zero-order valence-electron chi connectivity index (χ0n) is 18.1. The Morgan fingerprint density at radius 1 is 1.06 bits per heavy atom. The summed E-state index contributed by atoms with van der Waals surface area (Å²) in [5, 5.41) is 15.8. The summed E-state index contributed by atoms with van der Waals surface area (Å²) in [6, 6.07) is 22.4. The summed E-state index contributed by atoms with van der Waals surface area (Å²) in [6.45, 7) is 4.14. The van der Waals surface area contributed by atoms with Crippen LogP contribution in [-0.2, 0) is 0 Å². The predicted molar refractivity (Wildman–Crippen MR) is 136 cm³/mol. The van der Waals surface area contributed by atoms with Crippen molar-refractivity contribution in [3.05, 3.63) is 111 Å². The first-order valence-electron chi connectivity index (χ1n) is 10.3. The molecule has 33 heavy (non-hydrogen) atoms. The van der Waals surface area contributed by atoms with Crippen molar-refractivity contribution in [2.75, 3.05) is 5.32 Å². The van der Waals surface area contributed by atoms with Gasteiger partial charge in [-0.2, -0.15) is 5.26 Å². The van der Waals surface area contributed by atoms with Crippen LogP contribution in [-0.4, -0.2) is 10.8 Å². The van der Waals surface area contributed by atoms with Crippen LogP contribution in [0.5, 0.6) is 0 Å². The van der Waals surface area contributed by atoms with E-state index in [0.29, 0.717) is 32.4 Å². The van der Waals surface area contributed by atoms with E-state index in [9.17, 15) is 10.1 Å². The van der Waals surface area contributed by atoms with E-state index < -0.39 is 0 Å². The number of benzene rings is 3. The molecule has 0 bridgehead atoms. The summed E-state index contributed by atoms with van der Waals surface area (Å²) in [4.78, 5) is 17.7. The van der Waals surface area contributed by atoms with Crippen molar-refractivity contribution in [1.82, 2.24) is 4.98 Å². The molecule has 0 atom stereocenters. The summed E-state index contributed by atoms with van der Waals surface area (Å²) in [6.07, 6.45) is 1.58. The number of carbonyl (C=O) groups excluding carboxylic acids is 1. The number of nitriles is 1. The topological polar surface area (TPSA) is 65.8 Å². The van der Waals surface area contributed by atoms with Crippen molar-refractivity contribution < 1.29 is 4.79 Å². The van der Waals surface area contributed by atoms with Gasteiger partial charge in [0.1, 0.15) is 16.6 Å². The van der Waals surface area contributed by atoms with E-state index >= 15 is 0 Å². The number of rotatable bonds is 6. The second-order valence-electron chi connectivity index (χ2n) is 7.54. The molecule has 0 radical (unpaired) electrons. The Kier molecular flexibility index (Phi) is 6.69. The molecule has 0 fully saturated rings. The lowest BCUT2D eigenvalue weighted by Crippen LogP contribution is -2.05. The highest BCUT2D eigenvalue weighted by atomic mass is 35.5. The van der Waals surface area contributed by atoms with Gasteiger partial charge in [-0.1, -0.05) is 54.1 Å². The average molecular weight is 470 g/mol. The second-order valence-corrected chi connectivity index (χ2v) is 8.83. The van der Waals surface area contributed by atoms with Crippen LogP contribution in [0.1, 0.15) is 32.1 Å². The van der Waals surface area contributed by atoms with Crippen LogP contribution in [0.3, 0.4) is 0 Å². The SMILES string of the molecule is Cc1ccc(-c2csc(C(C#N)=CNc3ccc(Cl)cc3C(=O)c3ccccc3)n2)cc1C. The van der Waals surface area contributed by atoms with Gasteiger partial charge in [-0.05, 0) is 49.2 Å². The number of carbonyl (C=O) groups is 1. The van der Waals surface area contributed by atoms with E-state index in [1.54, 1.807) is 36.5 Å². The molecule has 1 aromatic heterocycles. The number of nitrogens with zero attached hydrogens (tertiary/aromatic N) is 2. The molecule has 0 saturated heterocycles. The van der Waals surface area contributed by atoms with Crippen LogP contribution >= 0.6 is 22.9 Å². The van der Waals surface area contributed by atoms with Crippen molar-refractivity contribution in [1.29, 1.82) is 5.26 Å². The summed E-state index contributed by atoms with van der Waals surface area (Å²) < 4.78 is 0. The van der Waals surface area contributed by atoms with E-state index in [0.717, 1.165) is 11.3 Å². The molecule has 4 aromatic rings. The Hall–Kier alpha value is -3.72. The smallest absolute Gasteiger partial charge is 0.195 e. The summed E-state index contributed by atoms with van der Waals surface area (Å²) in [5.41, 5.74) is 6.18. The van der Waals surface area contributed by atoms with Crippen molar-refractivity contribution in [3.63, 3.8) is 0 Å². The van der Waals surface area contributed by atoms with E-state index in [-0.39, 0.29) is 5.78 Å². The molecule has 162 valence electrons. The molecule has 0 aliphatic rings. The van der Waals surface area contributed by atoms with E-state index in [2.05, 4.69) is 42.4 Å². The molecule has 3 aromatic carbocycles. The Balaban J connectivity index is 1.62. The molecule has 0 saturated carbocycles. The van der Waals surface area contributed by atoms with Crippen molar-refractivity contribution in [3.8, 4) is 17.3 Å². The van der Waals surface area contributed by atoms with Gasteiger partial charge in [-0.3, -0.25) is 4.79 Å². The maximum absolute atomic E-state index is 13.0. The summed E-state index contributed by atoms with van der Waals surface area (Å²) in [7, 11) is 0. The number of allylic oxidation sites excluding steroid dienone is 1. The molecular weight excluding hydrogens is 450 g/mol. The normalized spacial score (nSPS) is 11.2. The van der Waals surface area contributed by atoms with Crippen molar-refractivity contribution in [2.24, 2.45) is 0 Å². The first kappa shape index (κ1) is 22.5. The predicted octanol–water partition coefficient (Wildman–Crippen LogP) is 7.29. The third kappa shape index (κ3) is 5.04. The lowest BCUT2D eigenvalue weighted by Gasteiger charge is -2.10. The molecule has 0 aliphatic heterocycles. The highest BCUT2D eigenvalue weighted by Crippen LogP contribution is 2.28. The fourth-order valence-corrected chi connectivity index (χ4v) is 4.26. The first-order chi connectivity index (χ1) is 16.0. The van der Waals surface area contributed by atoms with Crippen LogP contribution in [0.15, 0.2) is 78.3 Å². The third-order valence-electron chi connectivity index (χ3n) is 5.29. The number of halogens is 1. The maximum Gasteiger partial charge on any atom is 0.195 e. The lowest BCUT2D eigenvalue weighted by molar-refractivity contribution is 0.103. The Bertz CT molecular complexity index is 1400. The molecule has 1 N–H and O–H groups in total. The standard InChI is InChI=1S/C27H20ClN3OS/c1-17-8-9-20(12-18(17)2)25-16-33-27(31-25)21(14-29)15-30-24-11-10-22(28)13-23(24)26(32)19-6-4-3-5-7-19/h3-13,15-16,30H,1-2H3. The number of aromatic nitrogens is 1. The zero-order valence-corrected chi connectivity index (χ0v) is 19.7. The van der Waals surface area contributed by atoms with Crippen LogP contribution in [0.25, 0.3) is 16.8 Å².